The van der Waals surface area contributed by atoms with E-state index in [0.29, 0.717) is 25.9 Å². The van der Waals surface area contributed by atoms with Crippen molar-refractivity contribution < 1.29 is 13.2 Å². The zero-order valence-electron chi connectivity index (χ0n) is 14.6. The van der Waals surface area contributed by atoms with Crippen LogP contribution in [0, 0.1) is 0 Å². The van der Waals surface area contributed by atoms with Gasteiger partial charge in [-0.15, -0.1) is 0 Å². The van der Waals surface area contributed by atoms with Crippen LogP contribution in [0.25, 0.3) is 0 Å². The van der Waals surface area contributed by atoms with Gasteiger partial charge in [0, 0.05) is 26.2 Å². The van der Waals surface area contributed by atoms with Crippen molar-refractivity contribution in [3.05, 3.63) is 35.9 Å². The fraction of sp³-hybridized carbons (Fsp3) is 0.588. The molecule has 134 valence electrons. The second-order valence-corrected chi connectivity index (χ2v) is 8.83. The maximum Gasteiger partial charge on any atom is 0.246 e. The van der Waals surface area contributed by atoms with Crippen LogP contribution in [-0.4, -0.2) is 55.5 Å². The van der Waals surface area contributed by atoms with Crippen molar-refractivity contribution in [3.63, 3.8) is 0 Å². The number of sulfonamides is 1. The predicted molar refractivity (Wildman–Crippen MR) is 94.8 cm³/mol. The summed E-state index contributed by atoms with van der Waals surface area (Å²) >= 11 is 0. The van der Waals surface area contributed by atoms with Crippen molar-refractivity contribution in [2.75, 3.05) is 25.9 Å². The molecule has 0 saturated carbocycles. The van der Waals surface area contributed by atoms with Crippen LogP contribution in [0.15, 0.2) is 30.3 Å². The number of carbonyl (C=O) groups excluding carboxylic acids is 1. The Hall–Kier alpha value is -1.44. The molecule has 1 aromatic carbocycles. The molecule has 1 unspecified atom stereocenters. The van der Waals surface area contributed by atoms with E-state index in [1.807, 2.05) is 30.3 Å². The molecular formula is C17H27N3O3S. The Bertz CT molecular complexity index is 666. The van der Waals surface area contributed by atoms with E-state index in [-0.39, 0.29) is 17.7 Å². The van der Waals surface area contributed by atoms with Crippen molar-refractivity contribution in [3.8, 4) is 0 Å². The molecule has 1 saturated heterocycles. The van der Waals surface area contributed by atoms with Gasteiger partial charge in [0.25, 0.3) is 0 Å². The fourth-order valence-electron chi connectivity index (χ4n) is 3.10. The summed E-state index contributed by atoms with van der Waals surface area (Å²) in [5.74, 6) is -0.0227. The average molecular weight is 353 g/mol. The van der Waals surface area contributed by atoms with Gasteiger partial charge >= 0.3 is 0 Å². The molecule has 1 atom stereocenters. The summed E-state index contributed by atoms with van der Waals surface area (Å²) in [4.78, 5) is 14.6. The Morgan fingerprint density at radius 1 is 1.29 bits per heavy atom. The van der Waals surface area contributed by atoms with E-state index in [1.165, 1.54) is 4.31 Å². The van der Waals surface area contributed by atoms with Crippen LogP contribution in [0.2, 0.25) is 0 Å². The number of carbonyl (C=O) groups is 1. The molecule has 0 bridgehead atoms. The first-order chi connectivity index (χ1) is 11.2. The molecule has 24 heavy (non-hydrogen) atoms. The maximum absolute atomic E-state index is 12.8. The molecule has 0 aromatic heterocycles. The van der Waals surface area contributed by atoms with Gasteiger partial charge in [-0.1, -0.05) is 30.3 Å². The van der Waals surface area contributed by atoms with Crippen LogP contribution in [0.4, 0.5) is 0 Å². The summed E-state index contributed by atoms with van der Waals surface area (Å²) < 4.78 is 25.4. The van der Waals surface area contributed by atoms with Gasteiger partial charge in [-0.25, -0.2) is 12.7 Å². The van der Waals surface area contributed by atoms with Gasteiger partial charge in [-0.05, 0) is 32.3 Å². The van der Waals surface area contributed by atoms with E-state index in [2.05, 4.69) is 0 Å². The third kappa shape index (κ3) is 3.79. The van der Waals surface area contributed by atoms with E-state index < -0.39 is 15.6 Å². The highest BCUT2D eigenvalue weighted by atomic mass is 32.2. The van der Waals surface area contributed by atoms with Gasteiger partial charge in [0.15, 0.2) is 0 Å². The largest absolute Gasteiger partial charge is 0.341 e. The van der Waals surface area contributed by atoms with Crippen molar-refractivity contribution in [1.82, 2.24) is 9.21 Å². The quantitative estimate of drug-likeness (QED) is 0.860. The van der Waals surface area contributed by atoms with Gasteiger partial charge in [0.05, 0.1) is 5.75 Å². The van der Waals surface area contributed by atoms with Crippen LogP contribution >= 0.6 is 0 Å². The van der Waals surface area contributed by atoms with Crippen molar-refractivity contribution in [2.24, 2.45) is 5.73 Å². The number of hydrogen-bond donors (Lipinski definition) is 1. The first kappa shape index (κ1) is 18.9. The molecule has 1 aliphatic heterocycles. The minimum Gasteiger partial charge on any atom is -0.341 e. The lowest BCUT2D eigenvalue weighted by Crippen LogP contribution is -2.55. The maximum atomic E-state index is 12.8. The van der Waals surface area contributed by atoms with Crippen LogP contribution in [-0.2, 0) is 20.4 Å². The van der Waals surface area contributed by atoms with Crippen molar-refractivity contribution in [2.45, 2.75) is 38.3 Å². The molecule has 0 spiro atoms. The molecule has 1 fully saturated rings. The van der Waals surface area contributed by atoms with Gasteiger partial charge in [0.2, 0.25) is 15.9 Å². The van der Waals surface area contributed by atoms with Gasteiger partial charge in [-0.3, -0.25) is 4.79 Å². The number of nitrogens with two attached hydrogens (primary N) is 1. The smallest absolute Gasteiger partial charge is 0.246 e. The molecule has 1 aromatic rings. The molecule has 6 nitrogen and oxygen atoms in total. The van der Waals surface area contributed by atoms with Gasteiger partial charge in [0.1, 0.15) is 5.54 Å². The van der Waals surface area contributed by atoms with Gasteiger partial charge < -0.3 is 10.6 Å². The molecule has 0 radical (unpaired) electrons. The minimum atomic E-state index is -3.20. The SMILES string of the molecule is CCS(=O)(=O)N(C)C1CCN(C(=O)C(C)(N)c2ccccc2)CC1. The molecule has 1 aliphatic rings. The number of hydrogen-bond acceptors (Lipinski definition) is 4. The molecule has 0 aliphatic carbocycles. The first-order valence-electron chi connectivity index (χ1n) is 8.29. The highest BCUT2D eigenvalue weighted by molar-refractivity contribution is 7.89. The zero-order chi connectivity index (χ0) is 18.0. The molecule has 1 heterocycles. The van der Waals surface area contributed by atoms with E-state index in [1.54, 1.807) is 25.8 Å². The van der Waals surface area contributed by atoms with E-state index in [9.17, 15) is 13.2 Å². The third-order valence-corrected chi connectivity index (χ3v) is 6.79. The Morgan fingerprint density at radius 3 is 2.33 bits per heavy atom. The summed E-state index contributed by atoms with van der Waals surface area (Å²) in [5, 5.41) is 0. The normalized spacial score (nSPS) is 19.3. The number of nitrogens with zero attached hydrogens (tertiary/aromatic N) is 2. The Kier molecular flexibility index (Phi) is 5.67. The van der Waals surface area contributed by atoms with E-state index in [0.717, 1.165) is 5.56 Å². The summed E-state index contributed by atoms with van der Waals surface area (Å²) in [7, 11) is -1.58. The third-order valence-electron chi connectivity index (χ3n) is 4.89. The standard InChI is InChI=1S/C17H27N3O3S/c1-4-24(22,23)19(3)15-10-12-20(13-11-15)16(21)17(2,18)14-8-6-5-7-9-14/h5-9,15H,4,10-13,18H2,1-3H3. The number of amides is 1. The lowest BCUT2D eigenvalue weighted by Gasteiger charge is -2.39. The first-order valence-corrected chi connectivity index (χ1v) is 9.90. The lowest BCUT2D eigenvalue weighted by atomic mass is 9.90. The fourth-order valence-corrected chi connectivity index (χ4v) is 4.17. The van der Waals surface area contributed by atoms with Crippen molar-refractivity contribution >= 4 is 15.9 Å². The Balaban J connectivity index is 2.03. The molecule has 1 amide bonds. The highest BCUT2D eigenvalue weighted by Gasteiger charge is 2.37. The molecule has 7 heteroatoms. The minimum absolute atomic E-state index is 0.0558. The van der Waals surface area contributed by atoms with E-state index in [4.69, 9.17) is 5.73 Å². The molecule has 2 N–H and O–H groups in total. The lowest BCUT2D eigenvalue weighted by molar-refractivity contribution is -0.138. The monoisotopic (exact) mass is 353 g/mol. The van der Waals surface area contributed by atoms with Crippen LogP contribution in [0.1, 0.15) is 32.3 Å². The van der Waals surface area contributed by atoms with Crippen LogP contribution in [0.5, 0.6) is 0 Å². The second-order valence-electron chi connectivity index (χ2n) is 6.51. The number of likely N-dealkylation sites (tertiary alicyclic amines) is 1. The number of rotatable bonds is 5. The molecular weight excluding hydrogens is 326 g/mol. The van der Waals surface area contributed by atoms with Crippen LogP contribution in [0.3, 0.4) is 0 Å². The number of benzene rings is 1. The van der Waals surface area contributed by atoms with Crippen LogP contribution < -0.4 is 5.73 Å². The highest BCUT2D eigenvalue weighted by Crippen LogP contribution is 2.24. The topological polar surface area (TPSA) is 83.7 Å². The summed E-state index contributed by atoms with van der Waals surface area (Å²) in [5.41, 5.74) is 6.01. The molecule has 2 rings (SSSR count). The Labute approximate surface area is 144 Å². The zero-order valence-corrected chi connectivity index (χ0v) is 15.4. The summed E-state index contributed by atoms with van der Waals surface area (Å²) in [6.07, 6.45) is 1.26. The number of piperidine rings is 1. The average Bonchev–Trinajstić information content (AvgIpc) is 2.61. The Morgan fingerprint density at radius 2 is 1.83 bits per heavy atom. The summed E-state index contributed by atoms with van der Waals surface area (Å²) in [6.45, 7) is 4.41. The van der Waals surface area contributed by atoms with Gasteiger partial charge in [-0.2, -0.15) is 0 Å². The second kappa shape index (κ2) is 7.21. The van der Waals surface area contributed by atoms with Crippen molar-refractivity contribution in [1.29, 1.82) is 0 Å². The predicted octanol–water partition coefficient (Wildman–Crippen LogP) is 1.13. The summed E-state index contributed by atoms with van der Waals surface area (Å²) in [6, 6.07) is 9.27. The van der Waals surface area contributed by atoms with E-state index >= 15 is 0 Å².